The van der Waals surface area contributed by atoms with Crippen LogP contribution in [0.2, 0.25) is 19.6 Å². The van der Waals surface area contributed by atoms with Gasteiger partial charge in [0.25, 0.3) is 0 Å². The molecule has 1 aliphatic rings. The standard InChI is InChI=1S/C24H33BO2Si/c1-23(2)24(3,4)27-25(26-23)21-16-13-19(14-17-21)15-18-22(28(5,6)7)20-11-9-8-10-12-20/h8-18,22H,1-7H3/b18-15+/t22-/m0/s1. The Balaban J connectivity index is 1.77. The number of benzene rings is 2. The fourth-order valence-electron chi connectivity index (χ4n) is 3.51. The maximum Gasteiger partial charge on any atom is 0.494 e. The lowest BCUT2D eigenvalue weighted by molar-refractivity contribution is 0.00578. The number of hydrogen-bond acceptors (Lipinski definition) is 2. The molecular weight excluding hydrogens is 359 g/mol. The van der Waals surface area contributed by atoms with Gasteiger partial charge in [0, 0.05) is 0 Å². The maximum atomic E-state index is 6.16. The van der Waals surface area contributed by atoms with Crippen molar-refractivity contribution in [2.45, 2.75) is 64.1 Å². The Morgan fingerprint density at radius 3 is 1.86 bits per heavy atom. The molecule has 148 valence electrons. The van der Waals surface area contributed by atoms with Crippen LogP contribution in [0.15, 0.2) is 60.7 Å². The lowest BCUT2D eigenvalue weighted by Gasteiger charge is -2.32. The van der Waals surface area contributed by atoms with Crippen molar-refractivity contribution in [1.29, 1.82) is 0 Å². The van der Waals surface area contributed by atoms with E-state index in [1.54, 1.807) is 0 Å². The molecule has 0 bridgehead atoms. The Hall–Kier alpha value is -1.62. The van der Waals surface area contributed by atoms with Gasteiger partial charge in [-0.3, -0.25) is 0 Å². The molecule has 0 aromatic heterocycles. The van der Waals surface area contributed by atoms with Crippen molar-refractivity contribution < 1.29 is 9.31 Å². The minimum Gasteiger partial charge on any atom is -0.399 e. The Bertz CT molecular complexity index is 804. The van der Waals surface area contributed by atoms with Crippen LogP contribution in [0.5, 0.6) is 0 Å². The largest absolute Gasteiger partial charge is 0.494 e. The summed E-state index contributed by atoms with van der Waals surface area (Å²) in [4.78, 5) is 0. The van der Waals surface area contributed by atoms with Crippen molar-refractivity contribution in [2.24, 2.45) is 0 Å². The summed E-state index contributed by atoms with van der Waals surface area (Å²) in [5.74, 6) is 0. The molecule has 0 saturated carbocycles. The van der Waals surface area contributed by atoms with Crippen molar-refractivity contribution in [1.82, 2.24) is 0 Å². The van der Waals surface area contributed by atoms with Crippen LogP contribution in [0.4, 0.5) is 0 Å². The summed E-state index contributed by atoms with van der Waals surface area (Å²) >= 11 is 0. The molecule has 0 amide bonds. The highest BCUT2D eigenvalue weighted by atomic mass is 28.3. The summed E-state index contributed by atoms with van der Waals surface area (Å²) in [6.07, 6.45) is 4.63. The van der Waals surface area contributed by atoms with Crippen LogP contribution in [0, 0.1) is 0 Å². The fraction of sp³-hybridized carbons (Fsp3) is 0.417. The third-order valence-corrected chi connectivity index (χ3v) is 8.43. The van der Waals surface area contributed by atoms with Crippen LogP contribution in [-0.2, 0) is 9.31 Å². The van der Waals surface area contributed by atoms with E-state index < -0.39 is 8.07 Å². The molecule has 1 atom stereocenters. The smallest absolute Gasteiger partial charge is 0.399 e. The summed E-state index contributed by atoms with van der Waals surface area (Å²) < 4.78 is 12.3. The summed E-state index contributed by atoms with van der Waals surface area (Å²) in [5.41, 5.74) is 3.57. The molecule has 2 nitrogen and oxygen atoms in total. The van der Waals surface area contributed by atoms with E-state index in [2.05, 4.69) is 114 Å². The summed E-state index contributed by atoms with van der Waals surface area (Å²) in [6.45, 7) is 15.6. The van der Waals surface area contributed by atoms with Gasteiger partial charge in [0.1, 0.15) is 0 Å². The molecule has 2 aromatic rings. The fourth-order valence-corrected chi connectivity index (χ4v) is 5.38. The molecule has 2 aromatic carbocycles. The summed E-state index contributed by atoms with van der Waals surface area (Å²) in [6, 6.07) is 19.4. The van der Waals surface area contributed by atoms with Crippen molar-refractivity contribution in [3.8, 4) is 0 Å². The van der Waals surface area contributed by atoms with Gasteiger partial charge in [0.05, 0.1) is 19.3 Å². The summed E-state index contributed by atoms with van der Waals surface area (Å²) in [5, 5.41) is 0. The van der Waals surface area contributed by atoms with Gasteiger partial charge in [0.15, 0.2) is 0 Å². The zero-order valence-corrected chi connectivity index (χ0v) is 19.3. The molecule has 1 saturated heterocycles. The average molecular weight is 392 g/mol. The van der Waals surface area contributed by atoms with E-state index in [1.807, 2.05) is 0 Å². The Morgan fingerprint density at radius 2 is 1.36 bits per heavy atom. The van der Waals surface area contributed by atoms with E-state index in [1.165, 1.54) is 11.1 Å². The van der Waals surface area contributed by atoms with Gasteiger partial charge >= 0.3 is 7.12 Å². The molecule has 1 aliphatic heterocycles. The van der Waals surface area contributed by atoms with Gasteiger partial charge in [-0.25, -0.2) is 0 Å². The first-order chi connectivity index (χ1) is 13.0. The lowest BCUT2D eigenvalue weighted by Crippen LogP contribution is -2.41. The van der Waals surface area contributed by atoms with E-state index in [9.17, 15) is 0 Å². The van der Waals surface area contributed by atoms with Gasteiger partial charge < -0.3 is 9.31 Å². The molecule has 0 unspecified atom stereocenters. The van der Waals surface area contributed by atoms with Crippen LogP contribution < -0.4 is 5.46 Å². The van der Waals surface area contributed by atoms with Crippen molar-refractivity contribution in [2.75, 3.05) is 0 Å². The molecule has 0 radical (unpaired) electrons. The van der Waals surface area contributed by atoms with Crippen molar-refractivity contribution >= 4 is 26.7 Å². The van der Waals surface area contributed by atoms with Crippen LogP contribution in [0.3, 0.4) is 0 Å². The second-order valence-corrected chi connectivity index (χ2v) is 15.2. The quantitative estimate of drug-likeness (QED) is 0.611. The van der Waals surface area contributed by atoms with Gasteiger partial charge in [0.2, 0.25) is 0 Å². The first-order valence-electron chi connectivity index (χ1n) is 10.2. The molecule has 0 spiro atoms. The van der Waals surface area contributed by atoms with Gasteiger partial charge in [-0.2, -0.15) is 0 Å². The minimum absolute atomic E-state index is 0.304. The molecule has 28 heavy (non-hydrogen) atoms. The first-order valence-corrected chi connectivity index (χ1v) is 13.8. The van der Waals surface area contributed by atoms with Crippen LogP contribution in [0.1, 0.15) is 44.4 Å². The summed E-state index contributed by atoms with van der Waals surface area (Å²) in [7, 11) is -1.68. The van der Waals surface area contributed by atoms with E-state index in [0.717, 1.165) is 5.46 Å². The van der Waals surface area contributed by atoms with Gasteiger partial charge in [-0.15, -0.1) is 0 Å². The van der Waals surface area contributed by atoms with E-state index in [4.69, 9.17) is 9.31 Å². The van der Waals surface area contributed by atoms with Crippen molar-refractivity contribution in [3.05, 3.63) is 71.8 Å². The Labute approximate surface area is 172 Å². The van der Waals surface area contributed by atoms with E-state index in [-0.39, 0.29) is 18.3 Å². The SMILES string of the molecule is CC1(C)OB(c2ccc(/C=C/[C@@H](c3ccccc3)[Si](C)(C)C)cc2)OC1(C)C. The first kappa shape index (κ1) is 21.1. The molecular formula is C24H33BO2Si. The minimum atomic E-state index is -1.37. The molecule has 1 fully saturated rings. The number of hydrogen-bond donors (Lipinski definition) is 0. The third-order valence-electron chi connectivity index (χ3n) is 6.03. The van der Waals surface area contributed by atoms with Crippen molar-refractivity contribution in [3.63, 3.8) is 0 Å². The third kappa shape index (κ3) is 4.51. The molecule has 0 N–H and O–H groups in total. The highest BCUT2D eigenvalue weighted by Gasteiger charge is 2.51. The topological polar surface area (TPSA) is 18.5 Å². The average Bonchev–Trinajstić information content (AvgIpc) is 2.83. The highest BCUT2D eigenvalue weighted by Crippen LogP contribution is 2.36. The van der Waals surface area contributed by atoms with Crippen LogP contribution >= 0.6 is 0 Å². The van der Waals surface area contributed by atoms with Crippen LogP contribution in [-0.4, -0.2) is 26.4 Å². The Kier molecular flexibility index (Phi) is 5.77. The molecule has 1 heterocycles. The van der Waals surface area contributed by atoms with Gasteiger partial charge in [-0.1, -0.05) is 86.4 Å². The highest BCUT2D eigenvalue weighted by molar-refractivity contribution is 6.78. The van der Waals surface area contributed by atoms with Gasteiger partial charge in [-0.05, 0) is 49.8 Å². The zero-order chi connectivity index (χ0) is 20.6. The predicted octanol–water partition coefficient (Wildman–Crippen LogP) is 5.66. The zero-order valence-electron chi connectivity index (χ0n) is 18.3. The molecule has 0 aliphatic carbocycles. The van der Waals surface area contributed by atoms with E-state index in [0.29, 0.717) is 5.54 Å². The number of rotatable bonds is 5. The van der Waals surface area contributed by atoms with Crippen LogP contribution in [0.25, 0.3) is 6.08 Å². The maximum absolute atomic E-state index is 6.16. The van der Waals surface area contributed by atoms with E-state index >= 15 is 0 Å². The molecule has 4 heteroatoms. The number of allylic oxidation sites excluding steroid dienone is 1. The second-order valence-electron chi connectivity index (χ2n) is 9.87. The Morgan fingerprint density at radius 1 is 0.821 bits per heavy atom. The molecule has 3 rings (SSSR count). The second kappa shape index (κ2) is 7.66. The predicted molar refractivity (Wildman–Crippen MR) is 124 cm³/mol. The normalized spacial score (nSPS) is 19.9. The lowest BCUT2D eigenvalue weighted by atomic mass is 9.79. The monoisotopic (exact) mass is 392 g/mol.